The van der Waals surface area contributed by atoms with Crippen LogP contribution in [0.15, 0.2) is 12.4 Å². The lowest BCUT2D eigenvalue weighted by atomic mass is 10.1. The second-order valence-electron chi connectivity index (χ2n) is 3.64. The van der Waals surface area contributed by atoms with Crippen molar-refractivity contribution in [1.29, 1.82) is 0 Å². The molecule has 17 heavy (non-hydrogen) atoms. The first-order chi connectivity index (χ1) is 8.17. The zero-order valence-corrected chi connectivity index (χ0v) is 10.0. The molecule has 0 saturated heterocycles. The molecule has 2 N–H and O–H groups in total. The molecule has 1 aromatic rings. The van der Waals surface area contributed by atoms with Gasteiger partial charge >= 0.3 is 12.0 Å². The molecule has 1 heterocycles. The molecule has 0 saturated carbocycles. The number of hydrogen-bond donors (Lipinski definition) is 2. The summed E-state index contributed by atoms with van der Waals surface area (Å²) in [5.41, 5.74) is 0.827. The van der Waals surface area contributed by atoms with E-state index >= 15 is 0 Å². The molecular formula is C11H17N3O3. The fraction of sp³-hybridized carbons (Fsp3) is 0.545. The second-order valence-corrected chi connectivity index (χ2v) is 3.64. The smallest absolute Gasteiger partial charge is 0.320 e. The third kappa shape index (κ3) is 4.36. The molecule has 1 aromatic heterocycles. The number of methoxy groups -OCH3 is 1. The number of hydrogen-bond acceptors (Lipinski definition) is 5. The maximum absolute atomic E-state index is 10.9. The van der Waals surface area contributed by atoms with Crippen LogP contribution in [0.25, 0.3) is 0 Å². The van der Waals surface area contributed by atoms with Gasteiger partial charge in [-0.2, -0.15) is 0 Å². The largest absolute Gasteiger partial charge is 0.480 e. The molecule has 0 bridgehead atoms. The van der Waals surface area contributed by atoms with Gasteiger partial charge in [0.05, 0.1) is 7.11 Å². The molecule has 0 radical (unpaired) electrons. The monoisotopic (exact) mass is 239 g/mol. The SMILES string of the molecule is CCCC(NCc1cnc(OC)nc1)C(=O)O. The normalized spacial score (nSPS) is 12.1. The number of aliphatic carboxylic acids is 1. The van der Waals surface area contributed by atoms with Gasteiger partial charge in [0.1, 0.15) is 6.04 Å². The number of ether oxygens (including phenoxy) is 1. The molecule has 0 aliphatic rings. The molecule has 1 unspecified atom stereocenters. The van der Waals surface area contributed by atoms with Crippen LogP contribution in [0.4, 0.5) is 0 Å². The first-order valence-corrected chi connectivity index (χ1v) is 5.48. The number of aromatic nitrogens is 2. The van der Waals surface area contributed by atoms with Crippen molar-refractivity contribution < 1.29 is 14.6 Å². The summed E-state index contributed by atoms with van der Waals surface area (Å²) in [6, 6.07) is -0.223. The van der Waals surface area contributed by atoms with Gasteiger partial charge in [-0.15, -0.1) is 0 Å². The topological polar surface area (TPSA) is 84.3 Å². The molecule has 0 aliphatic heterocycles. The Hall–Kier alpha value is -1.69. The second kappa shape index (κ2) is 6.80. The predicted molar refractivity (Wildman–Crippen MR) is 61.8 cm³/mol. The third-order valence-electron chi connectivity index (χ3n) is 2.29. The summed E-state index contributed by atoms with van der Waals surface area (Å²) in [4.78, 5) is 18.8. The molecule has 1 rings (SSSR count). The number of carboxylic acid groups (broad SMARTS) is 1. The number of nitrogens with one attached hydrogen (secondary N) is 1. The van der Waals surface area contributed by atoms with E-state index in [0.29, 0.717) is 19.0 Å². The maximum atomic E-state index is 10.9. The predicted octanol–water partition coefficient (Wildman–Crippen LogP) is 0.828. The van der Waals surface area contributed by atoms with Crippen LogP contribution in [0.3, 0.4) is 0 Å². The first kappa shape index (κ1) is 13.4. The van der Waals surface area contributed by atoms with E-state index < -0.39 is 12.0 Å². The molecule has 6 nitrogen and oxygen atoms in total. The summed E-state index contributed by atoms with van der Waals surface area (Å²) < 4.78 is 4.83. The summed E-state index contributed by atoms with van der Waals surface area (Å²) in [6.45, 7) is 2.38. The lowest BCUT2D eigenvalue weighted by Gasteiger charge is -2.12. The Labute approximate surface area is 100 Å². The summed E-state index contributed by atoms with van der Waals surface area (Å²) in [7, 11) is 1.50. The molecule has 0 amide bonds. The van der Waals surface area contributed by atoms with Crippen LogP contribution in [0.1, 0.15) is 25.3 Å². The standard InChI is InChI=1S/C11H17N3O3/c1-3-4-9(10(15)16)12-5-8-6-13-11(17-2)14-7-8/h6-7,9,12H,3-5H2,1-2H3,(H,15,16). The minimum atomic E-state index is -0.832. The maximum Gasteiger partial charge on any atom is 0.320 e. The Balaban J connectivity index is 2.50. The average Bonchev–Trinajstić information content (AvgIpc) is 2.34. The molecule has 1 atom stereocenters. The van der Waals surface area contributed by atoms with Crippen molar-refractivity contribution in [3.63, 3.8) is 0 Å². The average molecular weight is 239 g/mol. The van der Waals surface area contributed by atoms with E-state index in [0.717, 1.165) is 12.0 Å². The molecular weight excluding hydrogens is 222 g/mol. The van der Waals surface area contributed by atoms with Gasteiger partial charge in [-0.3, -0.25) is 4.79 Å². The number of rotatable bonds is 7. The lowest BCUT2D eigenvalue weighted by Crippen LogP contribution is -2.36. The van der Waals surface area contributed by atoms with Crippen molar-refractivity contribution in [3.8, 4) is 6.01 Å². The van der Waals surface area contributed by atoms with Gasteiger partial charge in [-0.25, -0.2) is 9.97 Å². The van der Waals surface area contributed by atoms with Crippen molar-refractivity contribution >= 4 is 5.97 Å². The number of carbonyl (C=O) groups is 1. The van der Waals surface area contributed by atoms with E-state index in [-0.39, 0.29) is 0 Å². The molecule has 6 heteroatoms. The molecule has 0 aliphatic carbocycles. The molecule has 0 fully saturated rings. The zero-order chi connectivity index (χ0) is 12.7. The van der Waals surface area contributed by atoms with Crippen LogP contribution in [0, 0.1) is 0 Å². The quantitative estimate of drug-likeness (QED) is 0.733. The zero-order valence-electron chi connectivity index (χ0n) is 10.0. The van der Waals surface area contributed by atoms with E-state index in [1.807, 2.05) is 6.92 Å². The Morgan fingerprint density at radius 1 is 1.53 bits per heavy atom. The Kier molecular flexibility index (Phi) is 5.35. The van der Waals surface area contributed by atoms with Gasteiger partial charge in [0.25, 0.3) is 0 Å². The van der Waals surface area contributed by atoms with Crippen LogP contribution < -0.4 is 10.1 Å². The van der Waals surface area contributed by atoms with E-state index in [1.54, 1.807) is 12.4 Å². The highest BCUT2D eigenvalue weighted by Gasteiger charge is 2.15. The lowest BCUT2D eigenvalue weighted by molar-refractivity contribution is -0.139. The van der Waals surface area contributed by atoms with Gasteiger partial charge in [-0.05, 0) is 6.42 Å². The van der Waals surface area contributed by atoms with E-state index in [2.05, 4.69) is 15.3 Å². The van der Waals surface area contributed by atoms with Crippen LogP contribution in [0.5, 0.6) is 6.01 Å². The van der Waals surface area contributed by atoms with Crippen LogP contribution >= 0.6 is 0 Å². The van der Waals surface area contributed by atoms with Gasteiger partial charge in [0, 0.05) is 24.5 Å². The van der Waals surface area contributed by atoms with Crippen molar-refractivity contribution in [2.45, 2.75) is 32.4 Å². The van der Waals surface area contributed by atoms with Gasteiger partial charge in [-0.1, -0.05) is 13.3 Å². The van der Waals surface area contributed by atoms with Gasteiger partial charge < -0.3 is 15.2 Å². The van der Waals surface area contributed by atoms with Crippen molar-refractivity contribution in [2.75, 3.05) is 7.11 Å². The summed E-state index contributed by atoms with van der Waals surface area (Å²) in [5.74, 6) is -0.832. The Morgan fingerprint density at radius 3 is 2.65 bits per heavy atom. The minimum absolute atomic E-state index is 0.303. The minimum Gasteiger partial charge on any atom is -0.480 e. The van der Waals surface area contributed by atoms with Crippen molar-refractivity contribution in [2.24, 2.45) is 0 Å². The fourth-order valence-corrected chi connectivity index (χ4v) is 1.38. The highest BCUT2D eigenvalue weighted by molar-refractivity contribution is 5.73. The summed E-state index contributed by atoms with van der Waals surface area (Å²) in [6.07, 6.45) is 4.66. The molecule has 94 valence electrons. The van der Waals surface area contributed by atoms with E-state index in [9.17, 15) is 4.79 Å². The van der Waals surface area contributed by atoms with Crippen molar-refractivity contribution in [3.05, 3.63) is 18.0 Å². The van der Waals surface area contributed by atoms with Gasteiger partial charge in [0.2, 0.25) is 0 Å². The van der Waals surface area contributed by atoms with E-state index in [4.69, 9.17) is 9.84 Å². The highest BCUT2D eigenvalue weighted by atomic mass is 16.5. The highest BCUT2D eigenvalue weighted by Crippen LogP contribution is 2.03. The number of nitrogens with zero attached hydrogens (tertiary/aromatic N) is 2. The third-order valence-corrected chi connectivity index (χ3v) is 2.29. The van der Waals surface area contributed by atoms with Crippen LogP contribution in [-0.2, 0) is 11.3 Å². The number of carboxylic acids is 1. The van der Waals surface area contributed by atoms with Crippen LogP contribution in [0.2, 0.25) is 0 Å². The Bertz CT molecular complexity index is 353. The first-order valence-electron chi connectivity index (χ1n) is 5.48. The molecule has 0 aromatic carbocycles. The summed E-state index contributed by atoms with van der Waals surface area (Å²) in [5, 5.41) is 11.9. The van der Waals surface area contributed by atoms with E-state index in [1.165, 1.54) is 7.11 Å². The summed E-state index contributed by atoms with van der Waals surface area (Å²) >= 11 is 0. The fourth-order valence-electron chi connectivity index (χ4n) is 1.38. The van der Waals surface area contributed by atoms with Crippen LogP contribution in [-0.4, -0.2) is 34.2 Å². The van der Waals surface area contributed by atoms with Crippen molar-refractivity contribution in [1.82, 2.24) is 15.3 Å². The Morgan fingerprint density at radius 2 is 2.18 bits per heavy atom. The van der Waals surface area contributed by atoms with Gasteiger partial charge in [0.15, 0.2) is 0 Å². The molecule has 0 spiro atoms.